The highest BCUT2D eigenvalue weighted by Crippen LogP contribution is 2.33. The number of fused-ring (bicyclic) bond motifs is 1. The maximum atomic E-state index is 9.68. The van der Waals surface area contributed by atoms with E-state index in [0.29, 0.717) is 24.4 Å². The van der Waals surface area contributed by atoms with Gasteiger partial charge in [0.05, 0.1) is 31.8 Å². The fraction of sp³-hybridized carbons (Fsp3) is 0.407. The molecule has 1 fully saturated rings. The van der Waals surface area contributed by atoms with Crippen LogP contribution in [0.3, 0.4) is 0 Å². The number of nitrogens with zero attached hydrogens (tertiary/aromatic N) is 5. The summed E-state index contributed by atoms with van der Waals surface area (Å²) in [6, 6.07) is 12.2. The molecule has 0 spiro atoms. The first kappa shape index (κ1) is 24.0. The molecule has 0 saturated heterocycles. The summed E-state index contributed by atoms with van der Waals surface area (Å²) in [6.45, 7) is 2.58. The van der Waals surface area contributed by atoms with Crippen LogP contribution in [0.15, 0.2) is 48.9 Å². The lowest BCUT2D eigenvalue weighted by atomic mass is 10.1. The average Bonchev–Trinajstić information content (AvgIpc) is 3.61. The third-order valence-electron chi connectivity index (χ3n) is 6.85. The number of aliphatic hydroxyl groups excluding tert-OH is 1. The number of ether oxygens (including phenoxy) is 1. The third-order valence-corrected chi connectivity index (χ3v) is 6.85. The van der Waals surface area contributed by atoms with Crippen LogP contribution in [0.2, 0.25) is 0 Å². The Balaban J connectivity index is 1.40. The molecule has 4 aromatic rings. The summed E-state index contributed by atoms with van der Waals surface area (Å²) >= 11 is 0. The van der Waals surface area contributed by atoms with Gasteiger partial charge in [0.1, 0.15) is 5.75 Å². The standard InChI is InChI=1S/C27H33N7O2/c1-3-19(16-35)31-27-32-25(24-26(33-27)34(17-30-24)20-8-4-5-9-20)29-15-18-12-13-22(28-14-18)21-10-6-7-11-23(21)36-2/h6-7,10-14,17,19-20,35H,3-5,8-9,15-16H2,1-2H3,(H2,29,31,32,33)/t19-/m1/s1. The van der Waals surface area contributed by atoms with Gasteiger partial charge < -0.3 is 25.0 Å². The molecular weight excluding hydrogens is 454 g/mol. The molecule has 188 valence electrons. The Bertz CT molecular complexity index is 1300. The largest absolute Gasteiger partial charge is 0.496 e. The van der Waals surface area contributed by atoms with Crippen LogP contribution in [-0.2, 0) is 6.54 Å². The van der Waals surface area contributed by atoms with Crippen molar-refractivity contribution in [2.75, 3.05) is 24.4 Å². The number of benzene rings is 1. The molecule has 9 heteroatoms. The predicted octanol–water partition coefficient (Wildman–Crippen LogP) is 4.81. The van der Waals surface area contributed by atoms with Gasteiger partial charge in [-0.3, -0.25) is 4.98 Å². The number of hydrogen-bond donors (Lipinski definition) is 3. The fourth-order valence-electron chi connectivity index (χ4n) is 4.74. The summed E-state index contributed by atoms with van der Waals surface area (Å²) in [6.07, 6.45) is 9.25. The average molecular weight is 488 g/mol. The van der Waals surface area contributed by atoms with Crippen LogP contribution >= 0.6 is 0 Å². The first-order valence-corrected chi connectivity index (χ1v) is 12.6. The van der Waals surface area contributed by atoms with Gasteiger partial charge in [-0.05, 0) is 43.0 Å². The van der Waals surface area contributed by atoms with E-state index in [4.69, 9.17) is 14.7 Å². The Morgan fingerprint density at radius 2 is 1.94 bits per heavy atom. The quantitative estimate of drug-likeness (QED) is 0.292. The van der Waals surface area contributed by atoms with E-state index in [0.717, 1.165) is 53.0 Å². The molecule has 3 aromatic heterocycles. The summed E-state index contributed by atoms with van der Waals surface area (Å²) in [4.78, 5) is 18.9. The van der Waals surface area contributed by atoms with E-state index in [1.165, 1.54) is 12.8 Å². The van der Waals surface area contributed by atoms with Gasteiger partial charge in [-0.15, -0.1) is 0 Å². The van der Waals surface area contributed by atoms with Crippen LogP contribution in [0.1, 0.15) is 50.6 Å². The monoisotopic (exact) mass is 487 g/mol. The number of methoxy groups -OCH3 is 1. The van der Waals surface area contributed by atoms with E-state index in [1.54, 1.807) is 7.11 Å². The highest BCUT2D eigenvalue weighted by atomic mass is 16.5. The predicted molar refractivity (Wildman–Crippen MR) is 141 cm³/mol. The Morgan fingerprint density at radius 3 is 2.67 bits per heavy atom. The van der Waals surface area contributed by atoms with Crippen molar-refractivity contribution in [1.29, 1.82) is 0 Å². The maximum absolute atomic E-state index is 9.68. The van der Waals surface area contributed by atoms with E-state index >= 15 is 0 Å². The van der Waals surface area contributed by atoms with Crippen LogP contribution < -0.4 is 15.4 Å². The normalized spacial score (nSPS) is 14.8. The zero-order valence-electron chi connectivity index (χ0n) is 20.8. The molecule has 0 amide bonds. The van der Waals surface area contributed by atoms with Gasteiger partial charge in [-0.25, -0.2) is 4.98 Å². The molecule has 0 bridgehead atoms. The van der Waals surface area contributed by atoms with Gasteiger partial charge in [0.2, 0.25) is 5.95 Å². The molecule has 0 radical (unpaired) electrons. The Morgan fingerprint density at radius 1 is 1.11 bits per heavy atom. The molecule has 3 N–H and O–H groups in total. The smallest absolute Gasteiger partial charge is 0.227 e. The van der Waals surface area contributed by atoms with Crippen molar-refractivity contribution in [1.82, 2.24) is 24.5 Å². The number of pyridine rings is 1. The van der Waals surface area contributed by atoms with Crippen LogP contribution in [-0.4, -0.2) is 49.4 Å². The number of imidazole rings is 1. The van der Waals surface area contributed by atoms with E-state index in [1.807, 2.05) is 49.8 Å². The Hall–Kier alpha value is -3.72. The number of aromatic nitrogens is 5. The molecule has 1 aliphatic carbocycles. The maximum Gasteiger partial charge on any atom is 0.227 e. The lowest BCUT2D eigenvalue weighted by molar-refractivity contribution is 0.271. The van der Waals surface area contributed by atoms with Crippen LogP contribution in [0, 0.1) is 0 Å². The fourth-order valence-corrected chi connectivity index (χ4v) is 4.74. The number of anilines is 2. The van der Waals surface area contributed by atoms with Crippen molar-refractivity contribution in [3.63, 3.8) is 0 Å². The number of nitrogens with one attached hydrogen (secondary N) is 2. The van der Waals surface area contributed by atoms with Gasteiger partial charge in [0, 0.05) is 24.3 Å². The molecule has 3 heterocycles. The minimum atomic E-state index is -0.107. The highest BCUT2D eigenvalue weighted by molar-refractivity contribution is 5.84. The van der Waals surface area contributed by atoms with Crippen LogP contribution in [0.4, 0.5) is 11.8 Å². The van der Waals surface area contributed by atoms with Gasteiger partial charge >= 0.3 is 0 Å². The Labute approximate surface area is 211 Å². The molecule has 1 aliphatic rings. The number of hydrogen-bond acceptors (Lipinski definition) is 8. The van der Waals surface area contributed by atoms with E-state index in [9.17, 15) is 5.11 Å². The molecule has 9 nitrogen and oxygen atoms in total. The molecule has 1 aromatic carbocycles. The second kappa shape index (κ2) is 10.9. The second-order valence-electron chi connectivity index (χ2n) is 9.20. The zero-order valence-corrected chi connectivity index (χ0v) is 20.8. The topological polar surface area (TPSA) is 110 Å². The van der Waals surface area contributed by atoms with Gasteiger partial charge in [-0.1, -0.05) is 38.0 Å². The van der Waals surface area contributed by atoms with Gasteiger partial charge in [-0.2, -0.15) is 9.97 Å². The Kier molecular flexibility index (Phi) is 7.27. The summed E-state index contributed by atoms with van der Waals surface area (Å²) in [7, 11) is 1.67. The molecule has 1 saturated carbocycles. The first-order chi connectivity index (χ1) is 17.7. The van der Waals surface area contributed by atoms with E-state index < -0.39 is 0 Å². The number of para-hydroxylation sites is 1. The van der Waals surface area contributed by atoms with Crippen molar-refractivity contribution >= 4 is 22.9 Å². The SMILES string of the molecule is CC[C@H](CO)Nc1nc(NCc2ccc(-c3ccccc3OC)nc2)c2ncn(C3CCCC3)c2n1. The van der Waals surface area contributed by atoms with E-state index in [-0.39, 0.29) is 12.6 Å². The highest BCUT2D eigenvalue weighted by Gasteiger charge is 2.22. The van der Waals surface area contributed by atoms with Gasteiger partial charge in [0.15, 0.2) is 17.0 Å². The van der Waals surface area contributed by atoms with E-state index in [2.05, 4.69) is 31.2 Å². The first-order valence-electron chi connectivity index (χ1n) is 12.6. The van der Waals surface area contributed by atoms with Crippen LogP contribution in [0.25, 0.3) is 22.4 Å². The zero-order chi connectivity index (χ0) is 24.9. The van der Waals surface area contributed by atoms with Gasteiger partial charge in [0.25, 0.3) is 0 Å². The molecule has 0 aliphatic heterocycles. The number of rotatable bonds is 10. The molecule has 36 heavy (non-hydrogen) atoms. The third kappa shape index (κ3) is 4.97. The summed E-state index contributed by atoms with van der Waals surface area (Å²) < 4.78 is 7.66. The molecular formula is C27H33N7O2. The van der Waals surface area contributed by atoms with Crippen molar-refractivity contribution in [2.45, 2.75) is 57.7 Å². The van der Waals surface area contributed by atoms with Crippen molar-refractivity contribution in [3.8, 4) is 17.0 Å². The molecule has 1 atom stereocenters. The van der Waals surface area contributed by atoms with Crippen molar-refractivity contribution < 1.29 is 9.84 Å². The molecule has 5 rings (SSSR count). The summed E-state index contributed by atoms with van der Waals surface area (Å²) in [5.74, 6) is 1.96. The minimum absolute atomic E-state index is 0.0206. The summed E-state index contributed by atoms with van der Waals surface area (Å²) in [5, 5.41) is 16.4. The van der Waals surface area contributed by atoms with Crippen LogP contribution in [0.5, 0.6) is 5.75 Å². The minimum Gasteiger partial charge on any atom is -0.496 e. The van der Waals surface area contributed by atoms with Crippen molar-refractivity contribution in [2.24, 2.45) is 0 Å². The summed E-state index contributed by atoms with van der Waals surface area (Å²) in [5.41, 5.74) is 4.41. The molecule has 0 unspecified atom stereocenters. The lowest BCUT2D eigenvalue weighted by Gasteiger charge is -2.17. The lowest BCUT2D eigenvalue weighted by Crippen LogP contribution is -2.24. The number of aliphatic hydroxyl groups is 1. The van der Waals surface area contributed by atoms with Crippen molar-refractivity contribution in [3.05, 3.63) is 54.5 Å². The second-order valence-corrected chi connectivity index (χ2v) is 9.20.